The monoisotopic (exact) mass is 269 g/mol. The van der Waals surface area contributed by atoms with E-state index in [0.717, 1.165) is 16.7 Å². The predicted octanol–water partition coefficient (Wildman–Crippen LogP) is 2.21. The smallest absolute Gasteiger partial charge is 0.158 e. The van der Waals surface area contributed by atoms with Crippen LogP contribution in [0.2, 0.25) is 0 Å². The average molecular weight is 269 g/mol. The van der Waals surface area contributed by atoms with E-state index in [0.29, 0.717) is 0 Å². The van der Waals surface area contributed by atoms with E-state index < -0.39 is 9.84 Å². The highest BCUT2D eigenvalue weighted by Gasteiger charge is 2.25. The average Bonchev–Trinajstić information content (AvgIpc) is 2.24. The predicted molar refractivity (Wildman–Crippen MR) is 76.5 cm³/mol. The summed E-state index contributed by atoms with van der Waals surface area (Å²) in [7, 11) is -1.34. The second-order valence-corrected chi connectivity index (χ2v) is 7.44. The van der Waals surface area contributed by atoms with Gasteiger partial charge < -0.3 is 5.32 Å². The Labute approximate surface area is 111 Å². The molecule has 102 valence electrons. The third-order valence-electron chi connectivity index (χ3n) is 3.38. The van der Waals surface area contributed by atoms with Gasteiger partial charge in [-0.2, -0.15) is 0 Å². The number of hydrogen-bond donors (Lipinski definition) is 1. The molecule has 1 aromatic rings. The van der Waals surface area contributed by atoms with Crippen LogP contribution in [0.15, 0.2) is 18.2 Å². The van der Waals surface area contributed by atoms with Crippen LogP contribution in [0.3, 0.4) is 0 Å². The highest BCUT2D eigenvalue weighted by Crippen LogP contribution is 2.16. The zero-order chi connectivity index (χ0) is 13.9. The van der Waals surface area contributed by atoms with E-state index in [2.05, 4.69) is 11.4 Å². The molecule has 0 saturated carbocycles. The summed E-state index contributed by atoms with van der Waals surface area (Å²) in [5.41, 5.74) is 3.09. The van der Waals surface area contributed by atoms with Crippen LogP contribution >= 0.6 is 0 Å². The summed E-state index contributed by atoms with van der Waals surface area (Å²) in [5, 5.41) is 2.61. The fourth-order valence-corrected chi connectivity index (χ4v) is 3.71. The van der Waals surface area contributed by atoms with Gasteiger partial charge >= 0.3 is 0 Å². The number of rotatable bonds is 5. The molecule has 1 rings (SSSR count). The topological polar surface area (TPSA) is 46.2 Å². The van der Waals surface area contributed by atoms with Gasteiger partial charge in [-0.05, 0) is 40.3 Å². The van der Waals surface area contributed by atoms with Crippen molar-refractivity contribution in [1.82, 2.24) is 5.32 Å². The molecular formula is C14H23NO2S. The SMILES string of the molecule is CNC(C)C(C)S(=O)(=O)Cc1cc(C)cc(C)c1. The van der Waals surface area contributed by atoms with E-state index in [-0.39, 0.29) is 17.0 Å². The van der Waals surface area contributed by atoms with E-state index in [1.54, 1.807) is 14.0 Å². The minimum Gasteiger partial charge on any atom is -0.316 e. The van der Waals surface area contributed by atoms with Crippen molar-refractivity contribution in [2.24, 2.45) is 0 Å². The maximum absolute atomic E-state index is 12.3. The van der Waals surface area contributed by atoms with Gasteiger partial charge in [-0.15, -0.1) is 0 Å². The van der Waals surface area contributed by atoms with Crippen molar-refractivity contribution >= 4 is 9.84 Å². The first-order valence-corrected chi connectivity index (χ1v) is 7.94. The van der Waals surface area contributed by atoms with Crippen LogP contribution in [0, 0.1) is 13.8 Å². The molecule has 0 fully saturated rings. The maximum Gasteiger partial charge on any atom is 0.158 e. The van der Waals surface area contributed by atoms with Crippen molar-refractivity contribution in [1.29, 1.82) is 0 Å². The largest absolute Gasteiger partial charge is 0.316 e. The number of aryl methyl sites for hydroxylation is 2. The Kier molecular flexibility index (Phi) is 4.93. The van der Waals surface area contributed by atoms with Gasteiger partial charge in [0.1, 0.15) is 0 Å². The number of nitrogens with one attached hydrogen (secondary N) is 1. The summed E-state index contributed by atoms with van der Waals surface area (Å²) in [6, 6.07) is 5.90. The summed E-state index contributed by atoms with van der Waals surface area (Å²) >= 11 is 0. The Bertz CT molecular complexity index is 488. The van der Waals surface area contributed by atoms with E-state index in [1.165, 1.54) is 0 Å². The first kappa shape index (κ1) is 15.2. The molecule has 1 N–H and O–H groups in total. The highest BCUT2D eigenvalue weighted by atomic mass is 32.2. The molecule has 0 amide bonds. The molecule has 0 aliphatic carbocycles. The fourth-order valence-electron chi connectivity index (χ4n) is 2.06. The van der Waals surface area contributed by atoms with Crippen molar-refractivity contribution in [3.05, 3.63) is 34.9 Å². The lowest BCUT2D eigenvalue weighted by atomic mass is 10.1. The molecule has 4 heteroatoms. The summed E-state index contributed by atoms with van der Waals surface area (Å²) in [6.07, 6.45) is 0. The van der Waals surface area contributed by atoms with E-state index in [1.807, 2.05) is 32.9 Å². The van der Waals surface area contributed by atoms with Gasteiger partial charge in [0.2, 0.25) is 0 Å². The Morgan fingerprint density at radius 3 is 2.06 bits per heavy atom. The number of sulfone groups is 1. The van der Waals surface area contributed by atoms with E-state index >= 15 is 0 Å². The van der Waals surface area contributed by atoms with Crippen molar-refractivity contribution in [3.63, 3.8) is 0 Å². The van der Waals surface area contributed by atoms with Gasteiger partial charge in [0.25, 0.3) is 0 Å². The van der Waals surface area contributed by atoms with Crippen LogP contribution in [0.5, 0.6) is 0 Å². The second-order valence-electron chi connectivity index (χ2n) is 5.09. The Hall–Kier alpha value is -0.870. The molecule has 0 aliphatic heterocycles. The van der Waals surface area contributed by atoms with Gasteiger partial charge in [0.05, 0.1) is 11.0 Å². The third kappa shape index (κ3) is 3.82. The summed E-state index contributed by atoms with van der Waals surface area (Å²) in [4.78, 5) is 0. The summed E-state index contributed by atoms with van der Waals surface area (Å²) in [6.45, 7) is 7.63. The molecule has 1 aromatic carbocycles. The molecule has 2 atom stereocenters. The van der Waals surface area contributed by atoms with E-state index in [9.17, 15) is 8.42 Å². The first-order chi connectivity index (χ1) is 8.26. The number of hydrogen-bond acceptors (Lipinski definition) is 3. The van der Waals surface area contributed by atoms with Crippen LogP contribution in [0.1, 0.15) is 30.5 Å². The normalized spacial score (nSPS) is 15.4. The van der Waals surface area contributed by atoms with Crippen LogP contribution < -0.4 is 5.32 Å². The van der Waals surface area contributed by atoms with Gasteiger partial charge in [-0.1, -0.05) is 29.3 Å². The molecule has 0 bridgehead atoms. The lowest BCUT2D eigenvalue weighted by Crippen LogP contribution is -2.38. The fraction of sp³-hybridized carbons (Fsp3) is 0.571. The lowest BCUT2D eigenvalue weighted by molar-refractivity contribution is 0.539. The molecule has 3 nitrogen and oxygen atoms in total. The zero-order valence-corrected chi connectivity index (χ0v) is 12.6. The molecule has 18 heavy (non-hydrogen) atoms. The molecule has 0 saturated heterocycles. The highest BCUT2D eigenvalue weighted by molar-refractivity contribution is 7.91. The Morgan fingerprint density at radius 1 is 1.11 bits per heavy atom. The van der Waals surface area contributed by atoms with Crippen molar-refractivity contribution in [2.45, 2.75) is 44.7 Å². The van der Waals surface area contributed by atoms with Crippen molar-refractivity contribution in [3.8, 4) is 0 Å². The maximum atomic E-state index is 12.3. The molecule has 0 radical (unpaired) electrons. The minimum absolute atomic E-state index is 0.0408. The van der Waals surface area contributed by atoms with Crippen LogP contribution in [-0.4, -0.2) is 26.8 Å². The quantitative estimate of drug-likeness (QED) is 0.891. The standard InChI is InChI=1S/C14H23NO2S/c1-10-6-11(2)8-14(7-10)9-18(16,17)13(4)12(3)15-5/h6-8,12-13,15H,9H2,1-5H3. The number of benzene rings is 1. The molecule has 0 aliphatic rings. The third-order valence-corrected chi connectivity index (χ3v) is 5.65. The van der Waals surface area contributed by atoms with Crippen LogP contribution in [0.25, 0.3) is 0 Å². The second kappa shape index (κ2) is 5.85. The lowest BCUT2D eigenvalue weighted by Gasteiger charge is -2.19. The van der Waals surface area contributed by atoms with Gasteiger partial charge in [-0.25, -0.2) is 8.42 Å². The van der Waals surface area contributed by atoms with E-state index in [4.69, 9.17) is 0 Å². The van der Waals surface area contributed by atoms with Gasteiger partial charge in [0.15, 0.2) is 9.84 Å². The molecule has 0 aromatic heterocycles. The summed E-state index contributed by atoms with van der Waals surface area (Å²) < 4.78 is 24.6. The molecule has 0 spiro atoms. The Morgan fingerprint density at radius 2 is 1.61 bits per heavy atom. The Balaban J connectivity index is 2.95. The van der Waals surface area contributed by atoms with Crippen molar-refractivity contribution < 1.29 is 8.42 Å². The first-order valence-electron chi connectivity index (χ1n) is 6.22. The summed E-state index contributed by atoms with van der Waals surface area (Å²) in [5.74, 6) is 0.114. The molecule has 0 heterocycles. The minimum atomic E-state index is -3.12. The zero-order valence-electron chi connectivity index (χ0n) is 11.8. The molecular weight excluding hydrogens is 246 g/mol. The molecule has 2 unspecified atom stereocenters. The van der Waals surface area contributed by atoms with Crippen LogP contribution in [-0.2, 0) is 15.6 Å². The van der Waals surface area contributed by atoms with Crippen molar-refractivity contribution in [2.75, 3.05) is 7.05 Å². The van der Waals surface area contributed by atoms with Crippen LogP contribution in [0.4, 0.5) is 0 Å². The van der Waals surface area contributed by atoms with Gasteiger partial charge in [0, 0.05) is 6.04 Å². The van der Waals surface area contributed by atoms with Gasteiger partial charge in [-0.3, -0.25) is 0 Å².